The average Bonchev–Trinajstić information content (AvgIpc) is 3.55. The number of anilines is 1. The van der Waals surface area contributed by atoms with Crippen LogP contribution in [-0.2, 0) is 0 Å². The number of aromatic carboxylic acids is 1. The van der Waals surface area contributed by atoms with E-state index in [1.54, 1.807) is 24.3 Å². The van der Waals surface area contributed by atoms with Crippen LogP contribution in [0.5, 0.6) is 17.2 Å². The number of aromatic nitrogens is 4. The number of aromatic amines is 1. The number of carboxylic acids is 1. The third kappa shape index (κ3) is 4.39. The summed E-state index contributed by atoms with van der Waals surface area (Å²) in [7, 11) is 1.39. The van der Waals surface area contributed by atoms with Crippen LogP contribution >= 0.6 is 11.3 Å². The van der Waals surface area contributed by atoms with Gasteiger partial charge < -0.3 is 30.4 Å². The quantitative estimate of drug-likeness (QED) is 0.163. The highest BCUT2D eigenvalue weighted by Crippen LogP contribution is 2.45. The topological polar surface area (TPSA) is 190 Å². The van der Waals surface area contributed by atoms with Crippen molar-refractivity contribution < 1.29 is 28.5 Å². The van der Waals surface area contributed by atoms with Crippen LogP contribution in [-0.4, -0.2) is 57.0 Å². The predicted octanol–water partition coefficient (Wildman–Crippen LogP) is 2.12. The van der Waals surface area contributed by atoms with E-state index in [0.717, 1.165) is 16.0 Å². The van der Waals surface area contributed by atoms with Crippen LogP contribution in [0.1, 0.15) is 32.7 Å². The highest BCUT2D eigenvalue weighted by atomic mass is 32.1. The summed E-state index contributed by atoms with van der Waals surface area (Å²) in [6.07, 6.45) is 0. The van der Waals surface area contributed by atoms with E-state index in [2.05, 4.69) is 20.4 Å². The number of carbonyl (C=O) groups is 1. The Labute approximate surface area is 217 Å². The molecule has 1 aliphatic rings. The molecule has 13 nitrogen and oxygen atoms in total. The first kappa shape index (κ1) is 24.8. The molecule has 0 bridgehead atoms. The lowest BCUT2D eigenvalue weighted by Gasteiger charge is -2.25. The molecule has 0 spiro atoms. The second-order valence-electron chi connectivity index (χ2n) is 7.94. The van der Waals surface area contributed by atoms with Crippen LogP contribution in [0.15, 0.2) is 40.6 Å². The van der Waals surface area contributed by atoms with E-state index in [4.69, 9.17) is 25.4 Å². The summed E-state index contributed by atoms with van der Waals surface area (Å²) >= 11 is 0.830. The average molecular weight is 542 g/mol. The lowest BCUT2D eigenvalue weighted by atomic mass is 10.0. The van der Waals surface area contributed by atoms with Crippen molar-refractivity contribution in [3.05, 3.63) is 74.0 Å². The molecule has 0 saturated heterocycles. The lowest BCUT2D eigenvalue weighted by Crippen LogP contribution is -2.21. The number of hydrogen-bond donors (Lipinski definition) is 5. The SMILES string of the molecule is COc1cc(C(Nc2ccc(C(=N)N)cc2)c2nn(-c3ncsc3C(=O)O)c(=O)[nH]2)c(F)c2c1OCCO2. The van der Waals surface area contributed by atoms with E-state index in [9.17, 15) is 14.7 Å². The number of H-pyrrole nitrogens is 1. The van der Waals surface area contributed by atoms with Gasteiger partial charge in [0.15, 0.2) is 28.1 Å². The Morgan fingerprint density at radius 3 is 2.68 bits per heavy atom. The molecule has 4 aromatic rings. The Kier molecular flexibility index (Phi) is 6.42. The van der Waals surface area contributed by atoms with Gasteiger partial charge in [0, 0.05) is 16.8 Å². The van der Waals surface area contributed by atoms with E-state index in [-0.39, 0.29) is 58.4 Å². The van der Waals surface area contributed by atoms with E-state index in [1.807, 2.05) is 0 Å². The maximum absolute atomic E-state index is 15.9. The summed E-state index contributed by atoms with van der Waals surface area (Å²) in [6.45, 7) is 0.331. The van der Waals surface area contributed by atoms with Crippen molar-refractivity contribution in [2.75, 3.05) is 25.6 Å². The molecule has 1 unspecified atom stereocenters. The third-order valence-electron chi connectivity index (χ3n) is 5.64. The van der Waals surface area contributed by atoms with Gasteiger partial charge in [0.05, 0.1) is 12.6 Å². The summed E-state index contributed by atoms with van der Waals surface area (Å²) in [5, 5.41) is 24.4. The molecule has 15 heteroatoms. The molecular formula is C23H20FN7O6S. The first-order valence-corrected chi connectivity index (χ1v) is 11.9. The molecule has 3 heterocycles. The number of nitrogens with zero attached hydrogens (tertiary/aromatic N) is 3. The van der Waals surface area contributed by atoms with E-state index < -0.39 is 23.5 Å². The van der Waals surface area contributed by atoms with Crippen LogP contribution < -0.4 is 31.0 Å². The van der Waals surface area contributed by atoms with Crippen molar-refractivity contribution in [1.29, 1.82) is 5.41 Å². The fraction of sp³-hybridized carbons (Fsp3) is 0.174. The number of rotatable bonds is 8. The molecule has 1 aliphatic heterocycles. The number of thiazole rings is 1. The predicted molar refractivity (Wildman–Crippen MR) is 134 cm³/mol. The summed E-state index contributed by atoms with van der Waals surface area (Å²) in [4.78, 5) is 30.8. The summed E-state index contributed by atoms with van der Waals surface area (Å²) in [5.41, 5.74) is 6.98. The van der Waals surface area contributed by atoms with Crippen molar-refractivity contribution in [3.63, 3.8) is 0 Å². The Morgan fingerprint density at radius 2 is 2.03 bits per heavy atom. The van der Waals surface area contributed by atoms with Gasteiger partial charge in [-0.25, -0.2) is 19.0 Å². The number of carboxylic acid groups (broad SMARTS) is 1. The number of nitrogens with two attached hydrogens (primary N) is 1. The number of benzene rings is 2. The minimum absolute atomic E-state index is 0.000574. The number of methoxy groups -OCH3 is 1. The zero-order chi connectivity index (χ0) is 27.0. The van der Waals surface area contributed by atoms with Crippen molar-refractivity contribution in [1.82, 2.24) is 19.7 Å². The number of ether oxygens (including phenoxy) is 3. The summed E-state index contributed by atoms with van der Waals surface area (Å²) in [5.74, 6) is -2.25. The Bertz CT molecular complexity index is 1600. The Hall–Kier alpha value is -4.92. The first-order chi connectivity index (χ1) is 18.3. The number of nitrogens with one attached hydrogen (secondary N) is 3. The fourth-order valence-corrected chi connectivity index (χ4v) is 4.49. The molecule has 1 atom stereocenters. The van der Waals surface area contributed by atoms with Gasteiger partial charge >= 0.3 is 11.7 Å². The molecule has 2 aromatic carbocycles. The summed E-state index contributed by atoms with van der Waals surface area (Å²) < 4.78 is 33.2. The van der Waals surface area contributed by atoms with Crippen molar-refractivity contribution >= 4 is 28.8 Å². The second kappa shape index (κ2) is 9.85. The van der Waals surface area contributed by atoms with Crippen LogP contribution in [0.3, 0.4) is 0 Å². The molecule has 5 rings (SSSR count). The number of hydrogen-bond acceptors (Lipinski definition) is 10. The second-order valence-corrected chi connectivity index (χ2v) is 8.80. The largest absolute Gasteiger partial charge is 0.493 e. The highest BCUT2D eigenvalue weighted by molar-refractivity contribution is 7.12. The monoisotopic (exact) mass is 541 g/mol. The standard InChI is InChI=1S/C23H20FN7O6S/c1-35-13-8-12(14(24)17-16(13)36-6-7-37-17)15(28-11-4-2-10(3-5-11)19(25)26)20-29-23(34)31(30-20)21-18(22(32)33)38-9-27-21/h2-5,8-9,15,28H,6-7H2,1H3,(H3,25,26)(H,32,33)(H,29,30,34). The number of halogens is 1. The molecule has 38 heavy (non-hydrogen) atoms. The zero-order valence-electron chi connectivity index (χ0n) is 19.6. The minimum atomic E-state index is -1.28. The number of fused-ring (bicyclic) bond motifs is 1. The smallest absolute Gasteiger partial charge is 0.349 e. The Morgan fingerprint density at radius 1 is 1.32 bits per heavy atom. The molecule has 0 aliphatic carbocycles. The van der Waals surface area contributed by atoms with Crippen molar-refractivity contribution in [2.45, 2.75) is 6.04 Å². The van der Waals surface area contributed by atoms with Gasteiger partial charge in [-0.2, -0.15) is 4.68 Å². The molecular weight excluding hydrogens is 521 g/mol. The number of amidine groups is 1. The maximum atomic E-state index is 15.9. The molecule has 0 saturated carbocycles. The van der Waals surface area contributed by atoms with Gasteiger partial charge in [0.2, 0.25) is 11.5 Å². The molecule has 0 fully saturated rings. The summed E-state index contributed by atoms with van der Waals surface area (Å²) in [6, 6.07) is 6.71. The van der Waals surface area contributed by atoms with Gasteiger partial charge in [0.25, 0.3) is 0 Å². The van der Waals surface area contributed by atoms with Crippen LogP contribution in [0.2, 0.25) is 0 Å². The van der Waals surface area contributed by atoms with Crippen LogP contribution in [0.4, 0.5) is 10.1 Å². The lowest BCUT2D eigenvalue weighted by molar-refractivity contribution is 0.0701. The maximum Gasteiger partial charge on any atom is 0.349 e. The van der Waals surface area contributed by atoms with E-state index in [1.165, 1.54) is 18.7 Å². The van der Waals surface area contributed by atoms with Gasteiger partial charge in [0.1, 0.15) is 25.1 Å². The molecule has 6 N–H and O–H groups in total. The van der Waals surface area contributed by atoms with Gasteiger partial charge in [-0.15, -0.1) is 16.4 Å². The Balaban J connectivity index is 1.66. The number of nitrogen functional groups attached to an aromatic ring is 1. The third-order valence-corrected chi connectivity index (χ3v) is 6.44. The molecule has 196 valence electrons. The zero-order valence-corrected chi connectivity index (χ0v) is 20.5. The van der Waals surface area contributed by atoms with Crippen LogP contribution in [0, 0.1) is 11.2 Å². The molecule has 0 amide bonds. The fourth-order valence-electron chi connectivity index (χ4n) is 3.88. The molecule has 0 radical (unpaired) electrons. The van der Waals surface area contributed by atoms with E-state index in [0.29, 0.717) is 11.3 Å². The van der Waals surface area contributed by atoms with Gasteiger partial charge in [-0.05, 0) is 30.3 Å². The highest BCUT2D eigenvalue weighted by Gasteiger charge is 2.31. The van der Waals surface area contributed by atoms with Crippen molar-refractivity contribution in [2.24, 2.45) is 5.73 Å². The van der Waals surface area contributed by atoms with Crippen LogP contribution in [0.25, 0.3) is 5.82 Å². The normalized spacial score (nSPS) is 13.1. The molecule has 2 aromatic heterocycles. The van der Waals surface area contributed by atoms with Gasteiger partial charge in [-0.1, -0.05) is 0 Å². The van der Waals surface area contributed by atoms with Gasteiger partial charge in [-0.3, -0.25) is 10.4 Å². The van der Waals surface area contributed by atoms with E-state index >= 15 is 4.39 Å². The first-order valence-electron chi connectivity index (χ1n) is 11.0. The minimum Gasteiger partial charge on any atom is -0.493 e. The van der Waals surface area contributed by atoms with Crippen molar-refractivity contribution in [3.8, 4) is 23.1 Å².